The molecular weight excluding hydrogens is 316 g/mol. The number of nitrogens with zero attached hydrogens (tertiary/aromatic N) is 4. The molecule has 8 heteroatoms. The van der Waals surface area contributed by atoms with Crippen molar-refractivity contribution in [1.29, 1.82) is 0 Å². The number of carbonyl (C=O) groups excluding carboxylic acids is 2. The summed E-state index contributed by atoms with van der Waals surface area (Å²) in [7, 11) is 3.54. The standard InChI is InChI=1S/C15H18N4O3S/c1-18-7-10(5-17-18)14-12(3-4-13(20)19(14)2)15(21)22-8-11-6-16-9-23-11/h5-7,9,12,14H,3-4,8H2,1-2H3/t12-,14+/m1/s1. The van der Waals surface area contributed by atoms with Gasteiger partial charge in [-0.1, -0.05) is 0 Å². The zero-order valence-corrected chi connectivity index (χ0v) is 13.8. The number of piperidine rings is 1. The molecule has 0 spiro atoms. The van der Waals surface area contributed by atoms with Crippen LogP contribution in [0, 0.1) is 5.92 Å². The molecule has 0 N–H and O–H groups in total. The van der Waals surface area contributed by atoms with E-state index in [0.29, 0.717) is 12.8 Å². The maximum Gasteiger partial charge on any atom is 0.311 e. The van der Waals surface area contributed by atoms with Gasteiger partial charge in [0.2, 0.25) is 5.91 Å². The third-order valence-corrected chi connectivity index (χ3v) is 4.82. The smallest absolute Gasteiger partial charge is 0.311 e. The monoisotopic (exact) mass is 334 g/mol. The quantitative estimate of drug-likeness (QED) is 0.793. The highest BCUT2D eigenvalue weighted by Crippen LogP contribution is 2.36. The topological polar surface area (TPSA) is 77.3 Å². The van der Waals surface area contributed by atoms with Crippen molar-refractivity contribution in [3.63, 3.8) is 0 Å². The number of rotatable bonds is 4. The molecule has 2 aromatic heterocycles. The minimum atomic E-state index is -0.380. The van der Waals surface area contributed by atoms with Crippen molar-refractivity contribution in [3.05, 3.63) is 34.5 Å². The number of hydrogen-bond acceptors (Lipinski definition) is 6. The summed E-state index contributed by atoms with van der Waals surface area (Å²) < 4.78 is 7.10. The second-order valence-electron chi connectivity index (χ2n) is 5.62. The van der Waals surface area contributed by atoms with Crippen LogP contribution in [-0.4, -0.2) is 38.6 Å². The second-order valence-corrected chi connectivity index (χ2v) is 6.59. The van der Waals surface area contributed by atoms with E-state index in [1.54, 1.807) is 34.5 Å². The molecule has 0 aliphatic carbocycles. The molecule has 2 atom stereocenters. The Morgan fingerprint density at radius 1 is 1.43 bits per heavy atom. The highest BCUT2D eigenvalue weighted by atomic mass is 32.1. The molecule has 7 nitrogen and oxygen atoms in total. The van der Waals surface area contributed by atoms with E-state index in [0.717, 1.165) is 10.4 Å². The molecule has 0 radical (unpaired) electrons. The number of aromatic nitrogens is 3. The zero-order chi connectivity index (χ0) is 16.4. The molecule has 122 valence electrons. The van der Waals surface area contributed by atoms with Crippen molar-refractivity contribution >= 4 is 23.2 Å². The summed E-state index contributed by atoms with van der Waals surface area (Å²) >= 11 is 1.45. The fraction of sp³-hybridized carbons (Fsp3) is 0.467. The summed E-state index contributed by atoms with van der Waals surface area (Å²) in [6.07, 6.45) is 6.07. The Morgan fingerprint density at radius 3 is 2.91 bits per heavy atom. The summed E-state index contributed by atoms with van der Waals surface area (Å²) in [4.78, 5) is 31.1. The fourth-order valence-electron chi connectivity index (χ4n) is 2.90. The van der Waals surface area contributed by atoms with Gasteiger partial charge in [-0.15, -0.1) is 11.3 Å². The summed E-state index contributed by atoms with van der Waals surface area (Å²) in [6.45, 7) is 0.220. The SMILES string of the molecule is CN1C(=O)CC[C@@H](C(=O)OCc2cncs2)[C@@H]1c1cnn(C)c1. The van der Waals surface area contributed by atoms with Crippen LogP contribution >= 0.6 is 11.3 Å². The number of esters is 1. The van der Waals surface area contributed by atoms with Gasteiger partial charge in [0.05, 0.1) is 28.5 Å². The summed E-state index contributed by atoms with van der Waals surface area (Å²) in [5.41, 5.74) is 2.55. The first-order valence-electron chi connectivity index (χ1n) is 7.34. The van der Waals surface area contributed by atoms with Gasteiger partial charge < -0.3 is 9.64 Å². The van der Waals surface area contributed by atoms with Crippen LogP contribution in [0.5, 0.6) is 0 Å². The van der Waals surface area contributed by atoms with E-state index in [4.69, 9.17) is 4.74 Å². The summed E-state index contributed by atoms with van der Waals surface area (Å²) in [5.74, 6) is -0.633. The lowest BCUT2D eigenvalue weighted by atomic mass is 9.86. The second kappa shape index (κ2) is 6.49. The third kappa shape index (κ3) is 3.26. The molecule has 1 amide bonds. The highest BCUT2D eigenvalue weighted by Gasteiger charge is 2.40. The highest BCUT2D eigenvalue weighted by molar-refractivity contribution is 7.09. The van der Waals surface area contributed by atoms with Gasteiger partial charge in [-0.05, 0) is 6.42 Å². The number of aryl methyl sites for hydroxylation is 1. The number of likely N-dealkylation sites (tertiary alicyclic amines) is 1. The van der Waals surface area contributed by atoms with Gasteiger partial charge >= 0.3 is 5.97 Å². The summed E-state index contributed by atoms with van der Waals surface area (Å²) in [6, 6.07) is -0.334. The van der Waals surface area contributed by atoms with Gasteiger partial charge in [-0.25, -0.2) is 0 Å². The van der Waals surface area contributed by atoms with Crippen molar-refractivity contribution < 1.29 is 14.3 Å². The molecule has 0 aromatic carbocycles. The van der Waals surface area contributed by atoms with Crippen LogP contribution in [0.4, 0.5) is 0 Å². The Kier molecular flexibility index (Phi) is 4.42. The van der Waals surface area contributed by atoms with Crippen LogP contribution in [0.1, 0.15) is 29.3 Å². The van der Waals surface area contributed by atoms with Crippen molar-refractivity contribution in [2.75, 3.05) is 7.05 Å². The first-order valence-corrected chi connectivity index (χ1v) is 8.22. The van der Waals surface area contributed by atoms with Crippen LogP contribution in [0.25, 0.3) is 0 Å². The number of hydrogen-bond donors (Lipinski definition) is 0. The number of thiazole rings is 1. The predicted molar refractivity (Wildman–Crippen MR) is 83.4 cm³/mol. The van der Waals surface area contributed by atoms with E-state index >= 15 is 0 Å². The number of carbonyl (C=O) groups is 2. The molecule has 1 aliphatic rings. The zero-order valence-electron chi connectivity index (χ0n) is 13.0. The Bertz CT molecular complexity index is 697. The van der Waals surface area contributed by atoms with Gasteiger partial charge in [0.1, 0.15) is 6.61 Å². The number of amides is 1. The first kappa shape index (κ1) is 15.7. The predicted octanol–water partition coefficient (Wildman–Crippen LogP) is 1.53. The van der Waals surface area contributed by atoms with Gasteiger partial charge in [-0.2, -0.15) is 5.10 Å². The van der Waals surface area contributed by atoms with E-state index in [1.807, 2.05) is 13.2 Å². The average Bonchev–Trinajstić information content (AvgIpc) is 3.19. The van der Waals surface area contributed by atoms with Crippen LogP contribution in [0.15, 0.2) is 24.1 Å². The minimum Gasteiger partial charge on any atom is -0.460 e. The van der Waals surface area contributed by atoms with Crippen LogP contribution in [-0.2, 0) is 28.0 Å². The average molecular weight is 334 g/mol. The Morgan fingerprint density at radius 2 is 2.26 bits per heavy atom. The third-order valence-electron chi connectivity index (χ3n) is 4.07. The normalized spacial score (nSPS) is 21.5. The van der Waals surface area contributed by atoms with Crippen molar-refractivity contribution in [3.8, 4) is 0 Å². The van der Waals surface area contributed by atoms with Gasteiger partial charge in [-0.3, -0.25) is 19.3 Å². The molecule has 0 bridgehead atoms. The first-order chi connectivity index (χ1) is 11.1. The van der Waals surface area contributed by atoms with E-state index in [9.17, 15) is 9.59 Å². The molecule has 0 unspecified atom stereocenters. The van der Waals surface area contributed by atoms with Crippen molar-refractivity contribution in [2.45, 2.75) is 25.5 Å². The molecule has 23 heavy (non-hydrogen) atoms. The molecule has 2 aromatic rings. The molecule has 3 rings (SSSR count). The minimum absolute atomic E-state index is 0.0327. The maximum absolute atomic E-state index is 12.5. The Balaban J connectivity index is 1.77. The lowest BCUT2D eigenvalue weighted by molar-refractivity contribution is -0.157. The maximum atomic E-state index is 12.5. The molecule has 3 heterocycles. The van der Waals surface area contributed by atoms with E-state index in [-0.39, 0.29) is 30.4 Å². The molecule has 1 aliphatic heterocycles. The van der Waals surface area contributed by atoms with Gasteiger partial charge in [0.15, 0.2) is 0 Å². The Labute approximate surface area is 137 Å². The van der Waals surface area contributed by atoms with Crippen molar-refractivity contribution in [2.24, 2.45) is 13.0 Å². The molecular formula is C15H18N4O3S. The van der Waals surface area contributed by atoms with Crippen LogP contribution in [0.3, 0.4) is 0 Å². The fourth-order valence-corrected chi connectivity index (χ4v) is 3.40. The van der Waals surface area contributed by atoms with E-state index < -0.39 is 0 Å². The summed E-state index contributed by atoms with van der Waals surface area (Å²) in [5, 5.41) is 4.15. The molecule has 0 saturated carbocycles. The largest absolute Gasteiger partial charge is 0.460 e. The van der Waals surface area contributed by atoms with E-state index in [1.165, 1.54) is 11.3 Å². The van der Waals surface area contributed by atoms with E-state index in [2.05, 4.69) is 10.1 Å². The lowest BCUT2D eigenvalue weighted by Crippen LogP contribution is -2.43. The lowest BCUT2D eigenvalue weighted by Gasteiger charge is -2.37. The van der Waals surface area contributed by atoms with Crippen molar-refractivity contribution in [1.82, 2.24) is 19.7 Å². The number of ether oxygens (including phenoxy) is 1. The van der Waals surface area contributed by atoms with Gasteiger partial charge in [0, 0.05) is 38.5 Å². The van der Waals surface area contributed by atoms with Gasteiger partial charge in [0.25, 0.3) is 0 Å². The van der Waals surface area contributed by atoms with Crippen LogP contribution in [0.2, 0.25) is 0 Å². The van der Waals surface area contributed by atoms with Crippen LogP contribution < -0.4 is 0 Å². The molecule has 1 saturated heterocycles. The molecule has 1 fully saturated rings. The Hall–Kier alpha value is -2.22.